The molecule has 5 rings (SSSR count). The highest BCUT2D eigenvalue weighted by Crippen LogP contribution is 2.36. The Morgan fingerprint density at radius 1 is 0.862 bits per heavy atom. The number of benzene rings is 3. The predicted octanol–water partition coefficient (Wildman–Crippen LogP) is 3.11. The van der Waals surface area contributed by atoms with Crippen LogP contribution >= 0.6 is 0 Å². The standard InChI is InChI=1S/C24H21N3O2/c1-4-29-24(28)25-15-12-13-16-17-9-7-11-20-22(17)23(27(3)21(16)14-15)18-8-5-6-10-19(18)26(20)2/h5-14H,4H2,1-3H3/p+1/b25-15+. The topological polar surface area (TPSA) is 50.1 Å². The molecule has 0 aliphatic rings. The summed E-state index contributed by atoms with van der Waals surface area (Å²) in [6.45, 7) is 2.14. The molecule has 0 saturated heterocycles. The van der Waals surface area contributed by atoms with Crippen LogP contribution in [0.25, 0.3) is 43.6 Å². The Hall–Kier alpha value is -3.60. The first-order chi connectivity index (χ1) is 14.1. The van der Waals surface area contributed by atoms with Gasteiger partial charge in [-0.2, -0.15) is 4.79 Å². The highest BCUT2D eigenvalue weighted by atomic mass is 16.5. The first-order valence-corrected chi connectivity index (χ1v) is 9.75. The van der Waals surface area contributed by atoms with Gasteiger partial charge in [-0.3, -0.25) is 0 Å². The van der Waals surface area contributed by atoms with Gasteiger partial charge in [-0.05, 0) is 30.5 Å². The Morgan fingerprint density at radius 2 is 1.62 bits per heavy atom. The predicted molar refractivity (Wildman–Crippen MR) is 116 cm³/mol. The van der Waals surface area contributed by atoms with Crippen LogP contribution in [0.1, 0.15) is 6.92 Å². The van der Waals surface area contributed by atoms with Gasteiger partial charge < -0.3 is 13.9 Å². The number of para-hydroxylation sites is 1. The molecule has 29 heavy (non-hydrogen) atoms. The van der Waals surface area contributed by atoms with E-state index in [2.05, 4.69) is 76.8 Å². The van der Waals surface area contributed by atoms with Crippen molar-refractivity contribution in [1.82, 2.24) is 9.13 Å². The fraction of sp³-hybridized carbons (Fsp3) is 0.167. The quantitative estimate of drug-likeness (QED) is 0.357. The first-order valence-electron chi connectivity index (χ1n) is 9.75. The summed E-state index contributed by atoms with van der Waals surface area (Å²) in [5, 5.41) is 5.52. The van der Waals surface area contributed by atoms with Crippen molar-refractivity contribution in [3.8, 4) is 0 Å². The molecule has 2 aromatic heterocycles. The van der Waals surface area contributed by atoms with E-state index in [9.17, 15) is 4.79 Å². The summed E-state index contributed by atoms with van der Waals surface area (Å²) in [5.74, 6) is 0. The van der Waals surface area contributed by atoms with Gasteiger partial charge in [0.05, 0.1) is 28.7 Å². The van der Waals surface area contributed by atoms with Crippen LogP contribution in [0.15, 0.2) is 60.7 Å². The van der Waals surface area contributed by atoms with E-state index in [1.807, 2.05) is 12.1 Å². The fourth-order valence-electron chi connectivity index (χ4n) is 4.39. The maximum absolute atomic E-state index is 11.9. The van der Waals surface area contributed by atoms with E-state index in [1.165, 1.54) is 32.7 Å². The van der Waals surface area contributed by atoms with Crippen molar-refractivity contribution in [2.45, 2.75) is 6.92 Å². The van der Waals surface area contributed by atoms with Gasteiger partial charge >= 0.3 is 6.09 Å². The minimum atomic E-state index is -0.439. The zero-order chi connectivity index (χ0) is 20.1. The molecular formula is C24H22N3O2+. The van der Waals surface area contributed by atoms with E-state index in [1.54, 1.807) is 6.92 Å². The average molecular weight is 384 g/mol. The lowest BCUT2D eigenvalue weighted by Gasteiger charge is -2.20. The molecule has 5 nitrogen and oxygen atoms in total. The summed E-state index contributed by atoms with van der Waals surface area (Å²) in [6, 6.07) is 20.9. The van der Waals surface area contributed by atoms with Crippen LogP contribution in [0.3, 0.4) is 0 Å². The van der Waals surface area contributed by atoms with Crippen molar-refractivity contribution in [2.75, 3.05) is 6.61 Å². The maximum atomic E-state index is 11.9. The van der Waals surface area contributed by atoms with Crippen LogP contribution < -0.4 is 10.3 Å². The van der Waals surface area contributed by atoms with E-state index in [4.69, 9.17) is 4.74 Å². The molecule has 0 atom stereocenters. The van der Waals surface area contributed by atoms with Crippen molar-refractivity contribution >= 4 is 49.7 Å². The second-order valence-corrected chi connectivity index (χ2v) is 7.26. The average Bonchev–Trinajstić information content (AvgIpc) is 2.73. The zero-order valence-electron chi connectivity index (χ0n) is 16.7. The number of ether oxygens (including phenoxy) is 1. The summed E-state index contributed by atoms with van der Waals surface area (Å²) >= 11 is 0. The monoisotopic (exact) mass is 384 g/mol. The molecule has 3 aromatic carbocycles. The molecule has 0 fully saturated rings. The molecule has 5 aromatic rings. The molecule has 2 heterocycles. The van der Waals surface area contributed by atoms with Gasteiger partial charge in [-0.25, -0.2) is 0 Å². The minimum Gasteiger partial charge on any atom is -0.412 e. The molecule has 0 aliphatic heterocycles. The zero-order valence-corrected chi connectivity index (χ0v) is 16.7. The van der Waals surface area contributed by atoms with Crippen LogP contribution in [0, 0.1) is 0 Å². The third-order valence-corrected chi connectivity index (χ3v) is 5.67. The smallest absolute Gasteiger partial charge is 0.412 e. The van der Waals surface area contributed by atoms with Gasteiger partial charge in [0.15, 0.2) is 0 Å². The number of nitrogens with zero attached hydrogens (tertiary/aromatic N) is 2. The van der Waals surface area contributed by atoms with Crippen LogP contribution in [-0.4, -0.2) is 21.8 Å². The summed E-state index contributed by atoms with van der Waals surface area (Å²) in [6.07, 6.45) is -0.439. The van der Waals surface area contributed by atoms with Crippen LogP contribution in [0.5, 0.6) is 0 Å². The summed E-state index contributed by atoms with van der Waals surface area (Å²) in [7, 11) is 4.21. The number of aromatic nitrogens is 2. The van der Waals surface area contributed by atoms with Crippen molar-refractivity contribution in [2.24, 2.45) is 14.1 Å². The van der Waals surface area contributed by atoms with Gasteiger partial charge in [0.25, 0.3) is 0 Å². The highest BCUT2D eigenvalue weighted by Gasteiger charge is 2.16. The van der Waals surface area contributed by atoms with E-state index in [0.29, 0.717) is 6.61 Å². The van der Waals surface area contributed by atoms with Crippen LogP contribution in [0.2, 0.25) is 0 Å². The number of amides is 1. The number of carbonyl (C=O) groups excluding carboxylic acids is 1. The largest absolute Gasteiger partial charge is 0.595 e. The highest BCUT2D eigenvalue weighted by molar-refractivity contribution is 6.24. The molecule has 0 unspecified atom stereocenters. The van der Waals surface area contributed by atoms with Gasteiger partial charge in [-0.15, -0.1) is 4.99 Å². The molecule has 144 valence electrons. The summed E-state index contributed by atoms with van der Waals surface area (Å²) in [4.78, 5) is 14.7. The van der Waals surface area contributed by atoms with Gasteiger partial charge in [0.2, 0.25) is 5.36 Å². The number of hydrogen-bond donors (Lipinski definition) is 1. The number of hydrogen-bond acceptors (Lipinski definition) is 2. The normalized spacial score (nSPS) is 12.4. The van der Waals surface area contributed by atoms with Gasteiger partial charge in [0, 0.05) is 42.4 Å². The molecule has 0 radical (unpaired) electrons. The van der Waals surface area contributed by atoms with Crippen molar-refractivity contribution in [1.29, 1.82) is 0 Å². The Bertz CT molecular complexity index is 1510. The SMILES string of the molecule is CCOC(=O)/[NH+]=c1\ccc2c3cccc4c3c(c3ccccc3n4C)n(C)c2c1. The molecule has 0 bridgehead atoms. The Balaban J connectivity index is 2.00. The Labute approximate surface area is 167 Å². The van der Waals surface area contributed by atoms with Gasteiger partial charge in [-0.1, -0.05) is 30.3 Å². The first kappa shape index (κ1) is 17.5. The van der Waals surface area contributed by atoms with E-state index >= 15 is 0 Å². The lowest BCUT2D eigenvalue weighted by Crippen LogP contribution is -2.80. The van der Waals surface area contributed by atoms with Crippen molar-refractivity contribution in [3.05, 3.63) is 66.0 Å². The minimum absolute atomic E-state index is 0.342. The molecule has 5 heteroatoms. The molecule has 1 amide bonds. The third kappa shape index (κ3) is 2.54. The number of pyridine rings is 2. The van der Waals surface area contributed by atoms with Crippen molar-refractivity contribution in [3.63, 3.8) is 0 Å². The van der Waals surface area contributed by atoms with Crippen molar-refractivity contribution < 1.29 is 14.5 Å². The summed E-state index contributed by atoms with van der Waals surface area (Å²) < 4.78 is 9.51. The van der Waals surface area contributed by atoms with Crippen LogP contribution in [0.4, 0.5) is 4.79 Å². The number of rotatable bonds is 1. The number of aryl methyl sites for hydroxylation is 2. The third-order valence-electron chi connectivity index (χ3n) is 5.67. The molecule has 0 aliphatic carbocycles. The molecule has 0 spiro atoms. The Kier molecular flexibility index (Phi) is 3.91. The Morgan fingerprint density at radius 3 is 2.45 bits per heavy atom. The van der Waals surface area contributed by atoms with E-state index in [-0.39, 0.29) is 0 Å². The number of fused-ring (bicyclic) bond motifs is 4. The van der Waals surface area contributed by atoms with Gasteiger partial charge in [0.1, 0.15) is 0 Å². The number of nitrogens with one attached hydrogen (secondary N) is 1. The summed E-state index contributed by atoms with van der Waals surface area (Å²) in [5.41, 5.74) is 4.62. The maximum Gasteiger partial charge on any atom is 0.595 e. The lowest BCUT2D eigenvalue weighted by atomic mass is 9.99. The fourth-order valence-corrected chi connectivity index (χ4v) is 4.39. The molecule has 0 saturated carbocycles. The van der Waals surface area contributed by atoms with Crippen LogP contribution in [-0.2, 0) is 18.8 Å². The molecular weight excluding hydrogens is 362 g/mol. The second kappa shape index (κ2) is 6.48. The van der Waals surface area contributed by atoms with E-state index < -0.39 is 6.09 Å². The lowest BCUT2D eigenvalue weighted by molar-refractivity contribution is -0.412. The van der Waals surface area contributed by atoms with E-state index in [0.717, 1.165) is 16.3 Å². The molecule has 1 N–H and O–H groups in total. The number of carbonyl (C=O) groups is 1. The second-order valence-electron chi connectivity index (χ2n) is 7.26.